The van der Waals surface area contributed by atoms with E-state index in [0.717, 1.165) is 23.5 Å². The number of nitrogens with zero attached hydrogens (tertiary/aromatic N) is 3. The van der Waals surface area contributed by atoms with Gasteiger partial charge in [0.2, 0.25) is 0 Å². The first-order valence-corrected chi connectivity index (χ1v) is 11.7. The van der Waals surface area contributed by atoms with Gasteiger partial charge in [-0.2, -0.15) is 13.2 Å². The lowest BCUT2D eigenvalue weighted by Crippen LogP contribution is -2.18. The third-order valence-corrected chi connectivity index (χ3v) is 6.47. The number of epoxide rings is 1. The summed E-state index contributed by atoms with van der Waals surface area (Å²) in [5.41, 5.74) is 4.94. The Morgan fingerprint density at radius 1 is 1.23 bits per heavy atom. The summed E-state index contributed by atoms with van der Waals surface area (Å²) in [4.78, 5) is 25.1. The molecular formula is C20H18Cl2F3N7O2S. The van der Waals surface area contributed by atoms with Crippen molar-refractivity contribution in [1.29, 1.82) is 0 Å². The van der Waals surface area contributed by atoms with Crippen molar-refractivity contribution in [2.24, 2.45) is 5.73 Å². The number of ether oxygens (including phenoxy) is 1. The van der Waals surface area contributed by atoms with E-state index in [9.17, 15) is 18.0 Å². The topological polar surface area (TPSA) is 130 Å². The minimum Gasteiger partial charge on any atom is -0.367 e. The fourth-order valence-electron chi connectivity index (χ4n) is 3.07. The van der Waals surface area contributed by atoms with Crippen LogP contribution >= 0.6 is 34.5 Å². The highest BCUT2D eigenvalue weighted by Gasteiger charge is 2.43. The first-order valence-electron chi connectivity index (χ1n) is 10.1. The number of carbonyl (C=O) groups is 1. The lowest BCUT2D eigenvalue weighted by Gasteiger charge is -2.11. The average Bonchev–Trinajstić information content (AvgIpc) is 3.42. The van der Waals surface area contributed by atoms with E-state index in [2.05, 4.69) is 30.9 Å². The van der Waals surface area contributed by atoms with Crippen LogP contribution in [-0.2, 0) is 17.5 Å². The van der Waals surface area contributed by atoms with Crippen LogP contribution in [0, 0.1) is 0 Å². The molecule has 3 aromatic rings. The van der Waals surface area contributed by atoms with Crippen molar-refractivity contribution < 1.29 is 22.7 Å². The predicted molar refractivity (Wildman–Crippen MR) is 126 cm³/mol. The molecule has 2 atom stereocenters. The maximum Gasteiger partial charge on any atom is 0.417 e. The van der Waals surface area contributed by atoms with E-state index in [1.807, 2.05) is 0 Å². The van der Waals surface area contributed by atoms with Crippen LogP contribution in [0.5, 0.6) is 0 Å². The van der Waals surface area contributed by atoms with Gasteiger partial charge in [-0.05, 0) is 18.2 Å². The van der Waals surface area contributed by atoms with Gasteiger partial charge in [0, 0.05) is 18.8 Å². The summed E-state index contributed by atoms with van der Waals surface area (Å²) < 4.78 is 44.7. The number of hydrogen-bond acceptors (Lipinski definition) is 9. The van der Waals surface area contributed by atoms with Gasteiger partial charge in [-0.15, -0.1) is 11.3 Å². The second kappa shape index (κ2) is 10.6. The predicted octanol–water partition coefficient (Wildman–Crippen LogP) is 4.07. The van der Waals surface area contributed by atoms with Crippen molar-refractivity contribution >= 4 is 52.0 Å². The quantitative estimate of drug-likeness (QED) is 0.295. The van der Waals surface area contributed by atoms with Crippen molar-refractivity contribution in [3.63, 3.8) is 0 Å². The van der Waals surface area contributed by atoms with E-state index in [-0.39, 0.29) is 22.9 Å². The Bertz CT molecular complexity index is 1230. The molecule has 186 valence electrons. The van der Waals surface area contributed by atoms with E-state index in [0.29, 0.717) is 41.2 Å². The molecule has 1 saturated heterocycles. The first kappa shape index (κ1) is 25.5. The number of thiazole rings is 1. The van der Waals surface area contributed by atoms with Gasteiger partial charge in [-0.1, -0.05) is 23.2 Å². The largest absolute Gasteiger partial charge is 0.417 e. The minimum atomic E-state index is -4.64. The van der Waals surface area contributed by atoms with Crippen LogP contribution in [0.1, 0.15) is 32.0 Å². The molecule has 0 bridgehead atoms. The van der Waals surface area contributed by atoms with E-state index < -0.39 is 22.7 Å². The number of rotatable bonds is 9. The zero-order chi connectivity index (χ0) is 25.2. The standard InChI is InChI=1S/C20H18Cl2F3N7O2S/c21-11-2-1-9(5-10(11)20(23,24)25)32-18(33)12-6-28-13(35-12)7-29-19-16(34-19)15-14(22)17(27-4-3-26)31-8-30-15/h1-2,5-6,8,16,19,29H,3-4,7,26H2,(H,32,33)(H,27,30,31). The summed E-state index contributed by atoms with van der Waals surface area (Å²) in [6, 6.07) is 3.15. The van der Waals surface area contributed by atoms with E-state index in [1.165, 1.54) is 18.6 Å². The van der Waals surface area contributed by atoms with Crippen LogP contribution in [0.4, 0.5) is 24.7 Å². The van der Waals surface area contributed by atoms with Crippen molar-refractivity contribution in [3.05, 3.63) is 61.9 Å². The lowest BCUT2D eigenvalue weighted by atomic mass is 10.2. The number of hydrogen-bond donors (Lipinski definition) is 4. The third kappa shape index (κ3) is 6.18. The molecule has 1 fully saturated rings. The van der Waals surface area contributed by atoms with Gasteiger partial charge in [0.25, 0.3) is 5.91 Å². The van der Waals surface area contributed by atoms with E-state index in [4.69, 9.17) is 33.7 Å². The Hall–Kier alpha value is -2.55. The molecule has 0 spiro atoms. The van der Waals surface area contributed by atoms with Gasteiger partial charge in [0.05, 0.1) is 29.0 Å². The molecule has 1 aromatic carbocycles. The molecule has 1 amide bonds. The molecule has 1 aliphatic rings. The third-order valence-electron chi connectivity index (χ3n) is 4.78. The number of nitrogens with two attached hydrogens (primary N) is 1. The molecular weight excluding hydrogens is 530 g/mol. The molecule has 35 heavy (non-hydrogen) atoms. The van der Waals surface area contributed by atoms with Crippen molar-refractivity contribution in [1.82, 2.24) is 20.3 Å². The number of amides is 1. The number of anilines is 2. The summed E-state index contributed by atoms with van der Waals surface area (Å²) in [7, 11) is 0. The molecule has 4 rings (SSSR count). The van der Waals surface area contributed by atoms with Crippen LogP contribution in [0.15, 0.2) is 30.7 Å². The zero-order valence-corrected chi connectivity index (χ0v) is 20.0. The maximum atomic E-state index is 13.0. The lowest BCUT2D eigenvalue weighted by molar-refractivity contribution is -0.137. The van der Waals surface area contributed by atoms with Gasteiger partial charge < -0.3 is 21.1 Å². The molecule has 2 aromatic heterocycles. The smallest absolute Gasteiger partial charge is 0.367 e. The summed E-state index contributed by atoms with van der Waals surface area (Å²) in [5, 5.41) is 9.05. The van der Waals surface area contributed by atoms with Crippen LogP contribution in [-0.4, -0.2) is 40.2 Å². The monoisotopic (exact) mass is 547 g/mol. The number of benzene rings is 1. The summed E-state index contributed by atoms with van der Waals surface area (Å²) in [6.07, 6.45) is -2.65. The SMILES string of the molecule is NCCNc1ncnc(C2OC2NCc2ncc(C(=O)Nc3ccc(Cl)c(C(F)(F)F)c3)s2)c1Cl. The second-order valence-corrected chi connectivity index (χ2v) is 9.16. The Kier molecular flexibility index (Phi) is 7.73. The van der Waals surface area contributed by atoms with Crippen LogP contribution in [0.25, 0.3) is 0 Å². The van der Waals surface area contributed by atoms with Crippen molar-refractivity contribution in [3.8, 4) is 0 Å². The van der Waals surface area contributed by atoms with Crippen LogP contribution in [0.2, 0.25) is 10.0 Å². The molecule has 0 saturated carbocycles. The van der Waals surface area contributed by atoms with Gasteiger partial charge in [-0.25, -0.2) is 15.0 Å². The average molecular weight is 548 g/mol. The Balaban J connectivity index is 1.32. The minimum absolute atomic E-state index is 0.0314. The molecule has 5 N–H and O–H groups in total. The number of alkyl halides is 3. The van der Waals surface area contributed by atoms with Gasteiger partial charge in [0.15, 0.2) is 0 Å². The van der Waals surface area contributed by atoms with Crippen LogP contribution < -0.4 is 21.7 Å². The molecule has 2 unspecified atom stereocenters. The zero-order valence-electron chi connectivity index (χ0n) is 17.7. The normalized spacial score (nSPS) is 17.3. The number of carbonyl (C=O) groups excluding carboxylic acids is 1. The highest BCUT2D eigenvalue weighted by Crippen LogP contribution is 2.41. The summed E-state index contributed by atoms with van der Waals surface area (Å²) in [6.45, 7) is 1.21. The Labute approximate surface area is 211 Å². The summed E-state index contributed by atoms with van der Waals surface area (Å²) in [5.74, 6) is -0.120. The molecule has 0 aliphatic carbocycles. The molecule has 9 nitrogen and oxygen atoms in total. The molecule has 3 heterocycles. The highest BCUT2D eigenvalue weighted by atomic mass is 35.5. The molecule has 0 radical (unpaired) electrons. The highest BCUT2D eigenvalue weighted by molar-refractivity contribution is 7.13. The van der Waals surface area contributed by atoms with Gasteiger partial charge >= 0.3 is 6.18 Å². The van der Waals surface area contributed by atoms with Gasteiger partial charge in [-0.3, -0.25) is 10.1 Å². The number of aromatic nitrogens is 3. The van der Waals surface area contributed by atoms with Crippen LogP contribution in [0.3, 0.4) is 0 Å². The van der Waals surface area contributed by atoms with Crippen molar-refractivity contribution in [2.45, 2.75) is 25.1 Å². The Morgan fingerprint density at radius 3 is 2.77 bits per heavy atom. The first-order chi connectivity index (χ1) is 16.7. The maximum absolute atomic E-state index is 13.0. The fourth-order valence-corrected chi connectivity index (χ4v) is 4.33. The second-order valence-electron chi connectivity index (χ2n) is 7.26. The molecule has 1 aliphatic heterocycles. The number of nitrogens with one attached hydrogen (secondary N) is 3. The molecule has 15 heteroatoms. The Morgan fingerprint density at radius 2 is 2.03 bits per heavy atom. The summed E-state index contributed by atoms with van der Waals surface area (Å²) >= 11 is 13.1. The fraction of sp³-hybridized carbons (Fsp3) is 0.300. The van der Waals surface area contributed by atoms with Crippen molar-refractivity contribution in [2.75, 3.05) is 23.7 Å². The van der Waals surface area contributed by atoms with E-state index >= 15 is 0 Å². The van der Waals surface area contributed by atoms with Gasteiger partial charge in [0.1, 0.15) is 39.4 Å². The van der Waals surface area contributed by atoms with E-state index in [1.54, 1.807) is 0 Å². The number of halogens is 5.